The van der Waals surface area contributed by atoms with Gasteiger partial charge < -0.3 is 5.32 Å². The van der Waals surface area contributed by atoms with Gasteiger partial charge in [0.05, 0.1) is 5.56 Å². The van der Waals surface area contributed by atoms with Gasteiger partial charge >= 0.3 is 6.18 Å². The van der Waals surface area contributed by atoms with E-state index in [1.54, 1.807) is 0 Å². The number of benzene rings is 1. The van der Waals surface area contributed by atoms with Crippen molar-refractivity contribution in [2.45, 2.75) is 12.7 Å². The van der Waals surface area contributed by atoms with Crippen LogP contribution >= 0.6 is 0 Å². The van der Waals surface area contributed by atoms with Gasteiger partial charge in [0.2, 0.25) is 0 Å². The molecular weight excluding hydrogens is 269 g/mol. The fourth-order valence-corrected chi connectivity index (χ4v) is 1.65. The average Bonchev–Trinajstić information content (AvgIpc) is 2.45. The van der Waals surface area contributed by atoms with E-state index < -0.39 is 11.7 Å². The van der Waals surface area contributed by atoms with Gasteiger partial charge in [0, 0.05) is 24.5 Å². The molecule has 1 aromatic heterocycles. The summed E-state index contributed by atoms with van der Waals surface area (Å²) in [6.45, 7) is 0.0328. The quantitative estimate of drug-likeness (QED) is 0.939. The summed E-state index contributed by atoms with van der Waals surface area (Å²) >= 11 is 0. The average molecular weight is 280 g/mol. The number of pyridine rings is 1. The molecule has 1 amide bonds. The third-order valence-corrected chi connectivity index (χ3v) is 2.65. The molecule has 2 rings (SSSR count). The van der Waals surface area contributed by atoms with Gasteiger partial charge in [0.1, 0.15) is 0 Å². The van der Waals surface area contributed by atoms with Crippen LogP contribution in [-0.4, -0.2) is 10.9 Å². The second kappa shape index (κ2) is 5.73. The third-order valence-electron chi connectivity index (χ3n) is 2.65. The van der Waals surface area contributed by atoms with Crippen LogP contribution in [0.3, 0.4) is 0 Å². The Morgan fingerprint density at radius 2 is 1.85 bits per heavy atom. The number of hydrogen-bond donors (Lipinski definition) is 1. The molecule has 0 aliphatic rings. The number of halogens is 3. The van der Waals surface area contributed by atoms with Gasteiger partial charge in [-0.3, -0.25) is 9.78 Å². The van der Waals surface area contributed by atoms with Crippen LogP contribution in [0.1, 0.15) is 21.5 Å². The highest BCUT2D eigenvalue weighted by Gasteiger charge is 2.30. The lowest BCUT2D eigenvalue weighted by atomic mass is 10.1. The van der Waals surface area contributed by atoms with Crippen molar-refractivity contribution in [2.75, 3.05) is 0 Å². The molecule has 0 bridgehead atoms. The first kappa shape index (κ1) is 14.0. The van der Waals surface area contributed by atoms with Crippen LogP contribution in [0.4, 0.5) is 13.2 Å². The maximum absolute atomic E-state index is 12.5. The van der Waals surface area contributed by atoms with Gasteiger partial charge in [-0.2, -0.15) is 13.2 Å². The number of amides is 1. The highest BCUT2D eigenvalue weighted by Crippen LogP contribution is 2.29. The molecule has 1 N–H and O–H groups in total. The van der Waals surface area contributed by atoms with Crippen molar-refractivity contribution in [3.05, 3.63) is 65.5 Å². The fourth-order valence-electron chi connectivity index (χ4n) is 1.65. The summed E-state index contributed by atoms with van der Waals surface area (Å²) in [6.07, 6.45) is -1.44. The van der Waals surface area contributed by atoms with E-state index in [4.69, 9.17) is 0 Å². The Kier molecular flexibility index (Phi) is 4.02. The van der Waals surface area contributed by atoms with Gasteiger partial charge in [-0.05, 0) is 29.8 Å². The molecule has 2 aromatic rings. The minimum atomic E-state index is -4.38. The highest BCUT2D eigenvalue weighted by molar-refractivity contribution is 5.93. The van der Waals surface area contributed by atoms with E-state index in [2.05, 4.69) is 10.3 Å². The zero-order chi connectivity index (χ0) is 14.6. The summed E-state index contributed by atoms with van der Waals surface area (Å²) in [6, 6.07) is 7.92. The molecular formula is C14H11F3N2O. The van der Waals surface area contributed by atoms with E-state index in [1.165, 1.54) is 36.7 Å². The van der Waals surface area contributed by atoms with Gasteiger partial charge in [0.25, 0.3) is 5.91 Å². The van der Waals surface area contributed by atoms with E-state index in [9.17, 15) is 18.0 Å². The number of carbonyl (C=O) groups is 1. The molecule has 0 atom stereocenters. The number of hydrogen-bond acceptors (Lipinski definition) is 2. The second-order valence-electron chi connectivity index (χ2n) is 4.12. The van der Waals surface area contributed by atoms with Crippen LogP contribution in [-0.2, 0) is 12.7 Å². The van der Waals surface area contributed by atoms with Gasteiger partial charge in [-0.25, -0.2) is 0 Å². The minimum absolute atomic E-state index is 0.0328. The van der Waals surface area contributed by atoms with E-state index in [1.807, 2.05) is 0 Å². The van der Waals surface area contributed by atoms with Crippen molar-refractivity contribution in [1.29, 1.82) is 0 Å². The number of nitrogens with zero attached hydrogens (tertiary/aromatic N) is 1. The standard InChI is InChI=1S/C14H11F3N2O/c15-14(16,17)12-3-1-2-10(8-12)9-19-13(20)11-4-6-18-7-5-11/h1-8H,9H2,(H,19,20). The molecule has 0 radical (unpaired) electrons. The highest BCUT2D eigenvalue weighted by atomic mass is 19.4. The lowest BCUT2D eigenvalue weighted by Crippen LogP contribution is -2.23. The first-order valence-electron chi connectivity index (χ1n) is 5.81. The number of carbonyl (C=O) groups excluding carboxylic acids is 1. The normalized spacial score (nSPS) is 11.2. The third kappa shape index (κ3) is 3.57. The topological polar surface area (TPSA) is 42.0 Å². The molecule has 3 nitrogen and oxygen atoms in total. The maximum Gasteiger partial charge on any atom is 0.416 e. The summed E-state index contributed by atoms with van der Waals surface area (Å²) in [7, 11) is 0. The number of alkyl halides is 3. The Labute approximate surface area is 113 Å². The van der Waals surface area contributed by atoms with Crippen LogP contribution < -0.4 is 5.32 Å². The molecule has 1 aromatic carbocycles. The SMILES string of the molecule is O=C(NCc1cccc(C(F)(F)F)c1)c1ccncc1. The van der Waals surface area contributed by atoms with Gasteiger partial charge in [0.15, 0.2) is 0 Å². The number of rotatable bonds is 3. The van der Waals surface area contributed by atoms with Crippen molar-refractivity contribution in [1.82, 2.24) is 10.3 Å². The van der Waals surface area contributed by atoms with E-state index in [0.29, 0.717) is 11.1 Å². The molecule has 0 aliphatic carbocycles. The van der Waals surface area contributed by atoms with E-state index in [-0.39, 0.29) is 12.5 Å². The van der Waals surface area contributed by atoms with Crippen LogP contribution in [0.2, 0.25) is 0 Å². The molecule has 0 fully saturated rings. The lowest BCUT2D eigenvalue weighted by Gasteiger charge is -2.09. The molecule has 0 spiro atoms. The van der Waals surface area contributed by atoms with Crippen molar-refractivity contribution < 1.29 is 18.0 Å². The Morgan fingerprint density at radius 1 is 1.15 bits per heavy atom. The van der Waals surface area contributed by atoms with Crippen LogP contribution in [0.25, 0.3) is 0 Å². The first-order chi connectivity index (χ1) is 9.47. The summed E-state index contributed by atoms with van der Waals surface area (Å²) < 4.78 is 37.6. The summed E-state index contributed by atoms with van der Waals surface area (Å²) in [4.78, 5) is 15.5. The van der Waals surface area contributed by atoms with Crippen molar-refractivity contribution >= 4 is 5.91 Å². The molecule has 1 heterocycles. The second-order valence-corrected chi connectivity index (χ2v) is 4.12. The summed E-state index contributed by atoms with van der Waals surface area (Å²) in [5, 5.41) is 2.56. The van der Waals surface area contributed by atoms with E-state index >= 15 is 0 Å². The predicted molar refractivity (Wildman–Crippen MR) is 66.9 cm³/mol. The molecule has 6 heteroatoms. The minimum Gasteiger partial charge on any atom is -0.348 e. The molecule has 104 valence electrons. The Morgan fingerprint density at radius 3 is 2.50 bits per heavy atom. The van der Waals surface area contributed by atoms with Gasteiger partial charge in [-0.1, -0.05) is 12.1 Å². The van der Waals surface area contributed by atoms with Crippen molar-refractivity contribution in [2.24, 2.45) is 0 Å². The van der Waals surface area contributed by atoms with Crippen molar-refractivity contribution in [3.63, 3.8) is 0 Å². The van der Waals surface area contributed by atoms with Crippen LogP contribution in [0.5, 0.6) is 0 Å². The Balaban J connectivity index is 2.03. The number of aromatic nitrogens is 1. The fraction of sp³-hybridized carbons (Fsp3) is 0.143. The van der Waals surface area contributed by atoms with Crippen molar-refractivity contribution in [3.8, 4) is 0 Å². The monoisotopic (exact) mass is 280 g/mol. The van der Waals surface area contributed by atoms with Crippen LogP contribution in [0, 0.1) is 0 Å². The van der Waals surface area contributed by atoms with E-state index in [0.717, 1.165) is 12.1 Å². The zero-order valence-electron chi connectivity index (χ0n) is 10.3. The smallest absolute Gasteiger partial charge is 0.348 e. The molecule has 0 saturated heterocycles. The van der Waals surface area contributed by atoms with Gasteiger partial charge in [-0.15, -0.1) is 0 Å². The molecule has 20 heavy (non-hydrogen) atoms. The van der Waals surface area contributed by atoms with Crippen LogP contribution in [0.15, 0.2) is 48.8 Å². The maximum atomic E-state index is 12.5. The summed E-state index contributed by atoms with van der Waals surface area (Å²) in [5.74, 6) is -0.357. The number of nitrogens with one attached hydrogen (secondary N) is 1. The largest absolute Gasteiger partial charge is 0.416 e. The Hall–Kier alpha value is -2.37. The predicted octanol–water partition coefficient (Wildman–Crippen LogP) is 3.03. The first-order valence-corrected chi connectivity index (χ1v) is 5.81. The molecule has 0 aliphatic heterocycles. The molecule has 0 unspecified atom stereocenters. The lowest BCUT2D eigenvalue weighted by molar-refractivity contribution is -0.137. The molecule has 0 saturated carbocycles. The zero-order valence-corrected chi connectivity index (χ0v) is 10.3. The Bertz CT molecular complexity index is 597. The summed E-state index contributed by atoms with van der Waals surface area (Å²) in [5.41, 5.74) is 0.0716.